The van der Waals surface area contributed by atoms with Crippen LogP contribution in [0.3, 0.4) is 0 Å². The fourth-order valence-electron chi connectivity index (χ4n) is 0.296. The van der Waals surface area contributed by atoms with Crippen molar-refractivity contribution in [1.82, 2.24) is 15.2 Å². The van der Waals surface area contributed by atoms with Gasteiger partial charge < -0.3 is 0 Å². The van der Waals surface area contributed by atoms with Crippen LogP contribution in [0, 0.1) is 0 Å². The monoisotopic (exact) mass is 176 g/mol. The van der Waals surface area contributed by atoms with E-state index in [4.69, 9.17) is 0 Å². The third-order valence-corrected chi connectivity index (χ3v) is 0.939. The SMILES string of the molecule is O=c1cnnc([Se])[nH]1. The summed E-state index contributed by atoms with van der Waals surface area (Å²) in [6.45, 7) is 0. The maximum absolute atomic E-state index is 10.3. The van der Waals surface area contributed by atoms with E-state index in [1.807, 2.05) is 0 Å². The molecule has 0 aliphatic rings. The van der Waals surface area contributed by atoms with Crippen molar-refractivity contribution in [3.8, 4) is 0 Å². The first-order chi connectivity index (χ1) is 3.79. The Morgan fingerprint density at radius 3 is 2.88 bits per heavy atom. The van der Waals surface area contributed by atoms with Crippen LogP contribution in [-0.4, -0.2) is 31.2 Å². The number of rotatable bonds is 0. The Morgan fingerprint density at radius 1 is 1.75 bits per heavy atom. The Bertz CT molecular complexity index is 232. The van der Waals surface area contributed by atoms with Crippen molar-refractivity contribution < 1.29 is 0 Å². The third-order valence-electron chi connectivity index (χ3n) is 0.554. The summed E-state index contributed by atoms with van der Waals surface area (Å²) in [6, 6.07) is 0. The molecule has 0 aliphatic carbocycles. The summed E-state index contributed by atoms with van der Waals surface area (Å²) in [5, 5.41) is 6.84. The molecule has 0 fully saturated rings. The van der Waals surface area contributed by atoms with Gasteiger partial charge in [-0.05, 0) is 0 Å². The molecule has 0 aliphatic heterocycles. The molecular weight excluding hydrogens is 173 g/mol. The average molecular weight is 175 g/mol. The van der Waals surface area contributed by atoms with Gasteiger partial charge in [-0.3, -0.25) is 0 Å². The molecule has 0 atom stereocenters. The van der Waals surface area contributed by atoms with E-state index in [9.17, 15) is 4.79 Å². The van der Waals surface area contributed by atoms with Crippen LogP contribution in [0.15, 0.2) is 11.0 Å². The number of hydrogen-bond acceptors (Lipinski definition) is 3. The Kier molecular flexibility index (Phi) is 1.41. The number of aromatic nitrogens is 3. The molecule has 0 aromatic carbocycles. The van der Waals surface area contributed by atoms with E-state index in [0.717, 1.165) is 6.20 Å². The van der Waals surface area contributed by atoms with Crippen LogP contribution < -0.4 is 10.3 Å². The number of H-pyrrole nitrogens is 1. The third kappa shape index (κ3) is 1.15. The predicted octanol–water partition coefficient (Wildman–Crippen LogP) is -2.04. The van der Waals surface area contributed by atoms with Crippen molar-refractivity contribution in [1.29, 1.82) is 0 Å². The van der Waals surface area contributed by atoms with Gasteiger partial charge in [-0.15, -0.1) is 0 Å². The summed E-state index contributed by atoms with van der Waals surface area (Å²) in [5.74, 6) is 0. The number of hydrogen-bond donors (Lipinski definition) is 1. The van der Waals surface area contributed by atoms with E-state index >= 15 is 0 Å². The second-order valence-electron chi connectivity index (χ2n) is 1.14. The van der Waals surface area contributed by atoms with Crippen LogP contribution in [0.2, 0.25) is 0 Å². The molecule has 0 amide bonds. The Hall–Kier alpha value is -0.671. The molecule has 1 rings (SSSR count). The van der Waals surface area contributed by atoms with Gasteiger partial charge in [0.1, 0.15) is 0 Å². The quantitative estimate of drug-likeness (QED) is 0.462. The van der Waals surface area contributed by atoms with Gasteiger partial charge in [-0.1, -0.05) is 0 Å². The molecule has 8 heavy (non-hydrogen) atoms. The van der Waals surface area contributed by atoms with Crippen LogP contribution in [0.5, 0.6) is 0 Å². The van der Waals surface area contributed by atoms with Gasteiger partial charge in [0.15, 0.2) is 0 Å². The molecule has 5 heteroatoms. The predicted molar refractivity (Wildman–Crippen MR) is 28.0 cm³/mol. The molecule has 1 aromatic heterocycles. The van der Waals surface area contributed by atoms with Crippen molar-refractivity contribution in [3.05, 3.63) is 16.6 Å². The van der Waals surface area contributed by atoms with E-state index in [0.29, 0.717) is 4.72 Å². The van der Waals surface area contributed by atoms with E-state index < -0.39 is 0 Å². The molecule has 1 aromatic rings. The second kappa shape index (κ2) is 2.07. The zero-order valence-electron chi connectivity index (χ0n) is 3.79. The van der Waals surface area contributed by atoms with Crippen molar-refractivity contribution in [2.24, 2.45) is 0 Å². The second-order valence-corrected chi connectivity index (χ2v) is 1.95. The summed E-state index contributed by atoms with van der Waals surface area (Å²) in [7, 11) is 0. The molecule has 41 valence electrons. The zero-order valence-corrected chi connectivity index (χ0v) is 5.50. The van der Waals surface area contributed by atoms with Crippen molar-refractivity contribution in [2.45, 2.75) is 0 Å². The number of nitrogens with zero attached hydrogens (tertiary/aromatic N) is 2. The van der Waals surface area contributed by atoms with E-state index in [1.54, 1.807) is 0 Å². The molecular formula is C3H2N3OSe. The summed E-state index contributed by atoms with van der Waals surface area (Å²) in [4.78, 5) is 12.7. The summed E-state index contributed by atoms with van der Waals surface area (Å²) in [5.41, 5.74) is -0.242. The first-order valence-corrected chi connectivity index (χ1v) is 2.74. The molecule has 0 saturated carbocycles. The van der Waals surface area contributed by atoms with Crippen LogP contribution in [-0.2, 0) is 0 Å². The fraction of sp³-hybridized carbons (Fsp3) is 0. The standard InChI is InChI=1S/C3H2N3OSe/c7-2-1-4-6-3(8)5-2/h1H,(H,5,6,7). The van der Waals surface area contributed by atoms with Crippen molar-refractivity contribution in [3.63, 3.8) is 0 Å². The molecule has 0 bridgehead atoms. The van der Waals surface area contributed by atoms with Crippen molar-refractivity contribution in [2.75, 3.05) is 0 Å². The van der Waals surface area contributed by atoms with Crippen LogP contribution in [0.25, 0.3) is 0 Å². The Morgan fingerprint density at radius 2 is 2.50 bits per heavy atom. The zero-order chi connectivity index (χ0) is 5.98. The maximum atomic E-state index is 10.3. The van der Waals surface area contributed by atoms with Gasteiger partial charge >= 0.3 is 52.5 Å². The van der Waals surface area contributed by atoms with Crippen molar-refractivity contribution >= 4 is 20.7 Å². The first kappa shape index (κ1) is 5.47. The van der Waals surface area contributed by atoms with Gasteiger partial charge in [-0.2, -0.15) is 0 Å². The van der Waals surface area contributed by atoms with Crippen LogP contribution >= 0.6 is 0 Å². The van der Waals surface area contributed by atoms with E-state index in [1.165, 1.54) is 0 Å². The Balaban J connectivity index is 3.28. The van der Waals surface area contributed by atoms with E-state index in [-0.39, 0.29) is 5.56 Å². The average Bonchev–Trinajstić information content (AvgIpc) is 1.64. The molecule has 0 unspecified atom stereocenters. The fourth-order valence-corrected chi connectivity index (χ4v) is 0.606. The van der Waals surface area contributed by atoms with Gasteiger partial charge in [-0.25, -0.2) is 0 Å². The van der Waals surface area contributed by atoms with Gasteiger partial charge in [0.2, 0.25) is 0 Å². The van der Waals surface area contributed by atoms with E-state index in [2.05, 4.69) is 31.2 Å². The number of aromatic amines is 1. The normalized spacial score (nSPS) is 9.00. The molecule has 4 nitrogen and oxygen atoms in total. The summed E-state index contributed by atoms with van der Waals surface area (Å²) in [6.07, 6.45) is 1.11. The topological polar surface area (TPSA) is 58.6 Å². The van der Waals surface area contributed by atoms with Crippen LogP contribution in [0.1, 0.15) is 0 Å². The number of nitrogens with one attached hydrogen (secondary N) is 1. The minimum absolute atomic E-state index is 0.242. The molecule has 0 spiro atoms. The van der Waals surface area contributed by atoms with Gasteiger partial charge in [0, 0.05) is 0 Å². The summed E-state index contributed by atoms with van der Waals surface area (Å²) < 4.78 is 0.414. The molecule has 1 N–H and O–H groups in total. The summed E-state index contributed by atoms with van der Waals surface area (Å²) >= 11 is 2.51. The Labute approximate surface area is 53.2 Å². The van der Waals surface area contributed by atoms with Crippen LogP contribution in [0.4, 0.5) is 0 Å². The minimum atomic E-state index is -0.242. The van der Waals surface area contributed by atoms with Gasteiger partial charge in [0.25, 0.3) is 0 Å². The molecule has 1 radical (unpaired) electrons. The molecule has 0 saturated heterocycles. The first-order valence-electron chi connectivity index (χ1n) is 1.88. The molecule has 1 heterocycles. The van der Waals surface area contributed by atoms with Gasteiger partial charge in [0.05, 0.1) is 0 Å².